The van der Waals surface area contributed by atoms with E-state index in [4.69, 9.17) is 4.74 Å². The highest BCUT2D eigenvalue weighted by molar-refractivity contribution is 7.09. The van der Waals surface area contributed by atoms with Gasteiger partial charge in [-0.15, -0.1) is 11.3 Å². The number of likely N-dealkylation sites (tertiary alicyclic amines) is 2. The molecular formula is C20H32N4O2S. The van der Waals surface area contributed by atoms with Crippen molar-refractivity contribution in [1.82, 2.24) is 15.1 Å². The van der Waals surface area contributed by atoms with Crippen LogP contribution in [-0.4, -0.2) is 68.6 Å². The molecule has 0 spiro atoms. The lowest BCUT2D eigenvalue weighted by molar-refractivity contribution is -0.145. The Labute approximate surface area is 166 Å². The molecule has 0 amide bonds. The number of guanidine groups is 1. The van der Waals surface area contributed by atoms with E-state index in [2.05, 4.69) is 44.5 Å². The zero-order valence-electron chi connectivity index (χ0n) is 16.7. The smallest absolute Gasteiger partial charge is 0.310 e. The first-order chi connectivity index (χ1) is 13.1. The van der Waals surface area contributed by atoms with E-state index in [9.17, 15) is 4.79 Å². The molecule has 3 rings (SSSR count). The van der Waals surface area contributed by atoms with Crippen LogP contribution in [0.4, 0.5) is 0 Å². The molecule has 2 aliphatic rings. The Morgan fingerprint density at radius 1 is 1.41 bits per heavy atom. The average molecular weight is 393 g/mol. The fourth-order valence-corrected chi connectivity index (χ4v) is 5.00. The van der Waals surface area contributed by atoms with Crippen molar-refractivity contribution in [3.05, 3.63) is 22.4 Å². The van der Waals surface area contributed by atoms with Gasteiger partial charge in [-0.25, -0.2) is 0 Å². The van der Waals surface area contributed by atoms with Gasteiger partial charge in [0, 0.05) is 44.6 Å². The standard InChI is InChI=1S/C20H32N4O2S/c1-15-11-24(14-18(15)19(25)26-3)20(21-2)22-10-16-6-4-8-23(12-16)13-17-7-5-9-27-17/h5,7,9,15-16,18H,4,6,8,10-14H2,1-3H3,(H,21,22). The average Bonchev–Trinajstić information content (AvgIpc) is 3.32. The SMILES string of the molecule is CN=C(NCC1CCCN(Cc2cccs2)C1)N1CC(C)C(C(=O)OC)C1. The lowest BCUT2D eigenvalue weighted by atomic mass is 9.98. The number of carbonyl (C=O) groups excluding carboxylic acids is 1. The molecule has 3 atom stereocenters. The highest BCUT2D eigenvalue weighted by Gasteiger charge is 2.37. The van der Waals surface area contributed by atoms with Gasteiger partial charge >= 0.3 is 5.97 Å². The number of piperidine rings is 1. The molecular weight excluding hydrogens is 360 g/mol. The molecule has 2 fully saturated rings. The number of ether oxygens (including phenoxy) is 1. The van der Waals surface area contributed by atoms with Crippen LogP contribution < -0.4 is 5.32 Å². The summed E-state index contributed by atoms with van der Waals surface area (Å²) >= 11 is 1.84. The molecule has 6 nitrogen and oxygen atoms in total. The first-order valence-corrected chi connectivity index (χ1v) is 10.8. The predicted octanol–water partition coefficient (Wildman–Crippen LogP) is 2.28. The Balaban J connectivity index is 1.48. The Morgan fingerprint density at radius 2 is 2.26 bits per heavy atom. The number of nitrogens with one attached hydrogen (secondary N) is 1. The minimum atomic E-state index is -0.114. The maximum Gasteiger partial charge on any atom is 0.310 e. The van der Waals surface area contributed by atoms with E-state index in [1.807, 2.05) is 18.4 Å². The lowest BCUT2D eigenvalue weighted by Crippen LogP contribution is -2.45. The van der Waals surface area contributed by atoms with Crippen LogP contribution in [0.25, 0.3) is 0 Å². The number of carbonyl (C=O) groups is 1. The molecule has 0 aromatic carbocycles. The molecule has 3 unspecified atom stereocenters. The zero-order chi connectivity index (χ0) is 19.2. The normalized spacial score (nSPS) is 27.0. The number of hydrogen-bond donors (Lipinski definition) is 1. The lowest BCUT2D eigenvalue weighted by Gasteiger charge is -2.33. The van der Waals surface area contributed by atoms with Crippen LogP contribution in [0.1, 0.15) is 24.6 Å². The van der Waals surface area contributed by atoms with Gasteiger partial charge in [-0.3, -0.25) is 14.7 Å². The first-order valence-electron chi connectivity index (χ1n) is 9.88. The zero-order valence-corrected chi connectivity index (χ0v) is 17.5. The third-order valence-corrected chi connectivity index (χ3v) is 6.60. The quantitative estimate of drug-likeness (QED) is 0.473. The molecule has 1 aromatic heterocycles. The number of thiophene rings is 1. The summed E-state index contributed by atoms with van der Waals surface area (Å²) in [5, 5.41) is 5.71. The van der Waals surface area contributed by atoms with Crippen molar-refractivity contribution in [2.75, 3.05) is 46.9 Å². The van der Waals surface area contributed by atoms with Crippen molar-refractivity contribution in [3.8, 4) is 0 Å². The van der Waals surface area contributed by atoms with E-state index < -0.39 is 0 Å². The summed E-state index contributed by atoms with van der Waals surface area (Å²) < 4.78 is 4.95. The van der Waals surface area contributed by atoms with E-state index in [0.717, 1.165) is 32.1 Å². The fourth-order valence-electron chi connectivity index (χ4n) is 4.25. The van der Waals surface area contributed by atoms with Crippen LogP contribution in [0.15, 0.2) is 22.5 Å². The van der Waals surface area contributed by atoms with E-state index >= 15 is 0 Å². The number of aliphatic imine (C=N–C) groups is 1. The monoisotopic (exact) mass is 392 g/mol. The molecule has 0 saturated carbocycles. The summed E-state index contributed by atoms with van der Waals surface area (Å²) in [5.41, 5.74) is 0. The molecule has 7 heteroatoms. The summed E-state index contributed by atoms with van der Waals surface area (Å²) in [6.45, 7) is 7.95. The van der Waals surface area contributed by atoms with Crippen molar-refractivity contribution >= 4 is 23.3 Å². The van der Waals surface area contributed by atoms with Gasteiger partial charge in [0.15, 0.2) is 5.96 Å². The summed E-state index contributed by atoms with van der Waals surface area (Å²) in [7, 11) is 3.29. The van der Waals surface area contributed by atoms with Crippen LogP contribution >= 0.6 is 11.3 Å². The van der Waals surface area contributed by atoms with Gasteiger partial charge in [-0.1, -0.05) is 13.0 Å². The Hall–Kier alpha value is -1.60. The van der Waals surface area contributed by atoms with Crippen molar-refractivity contribution in [2.45, 2.75) is 26.3 Å². The summed E-state index contributed by atoms with van der Waals surface area (Å²) in [5.74, 6) is 1.64. The number of esters is 1. The molecule has 0 bridgehead atoms. The Kier molecular flexibility index (Phi) is 7.13. The molecule has 1 aromatic rings. The van der Waals surface area contributed by atoms with Crippen LogP contribution in [0, 0.1) is 17.8 Å². The highest BCUT2D eigenvalue weighted by atomic mass is 32.1. The van der Waals surface area contributed by atoms with Crippen molar-refractivity contribution in [1.29, 1.82) is 0 Å². The Morgan fingerprint density at radius 3 is 2.96 bits per heavy atom. The molecule has 0 aliphatic carbocycles. The van der Waals surface area contributed by atoms with Gasteiger partial charge in [0.2, 0.25) is 0 Å². The van der Waals surface area contributed by atoms with Gasteiger partial charge in [0.1, 0.15) is 0 Å². The maximum atomic E-state index is 11.9. The largest absolute Gasteiger partial charge is 0.469 e. The third kappa shape index (κ3) is 5.23. The fraction of sp³-hybridized carbons (Fsp3) is 0.700. The molecule has 3 heterocycles. The van der Waals surface area contributed by atoms with Gasteiger partial charge in [0.25, 0.3) is 0 Å². The summed E-state index contributed by atoms with van der Waals surface area (Å²) in [6, 6.07) is 4.35. The van der Waals surface area contributed by atoms with Gasteiger partial charge in [-0.2, -0.15) is 0 Å². The van der Waals surface area contributed by atoms with Gasteiger partial charge < -0.3 is 15.0 Å². The second kappa shape index (κ2) is 9.55. The Bertz CT molecular complexity index is 634. The number of rotatable bonds is 5. The van der Waals surface area contributed by atoms with Crippen LogP contribution in [0.3, 0.4) is 0 Å². The van der Waals surface area contributed by atoms with E-state index in [0.29, 0.717) is 12.5 Å². The minimum Gasteiger partial charge on any atom is -0.469 e. The maximum absolute atomic E-state index is 11.9. The van der Waals surface area contributed by atoms with Crippen molar-refractivity contribution < 1.29 is 9.53 Å². The van der Waals surface area contributed by atoms with Crippen molar-refractivity contribution in [3.63, 3.8) is 0 Å². The molecule has 2 saturated heterocycles. The minimum absolute atomic E-state index is 0.0653. The number of nitrogens with zero attached hydrogens (tertiary/aromatic N) is 3. The second-order valence-electron chi connectivity index (χ2n) is 7.76. The van der Waals surface area contributed by atoms with E-state index in [1.54, 1.807) is 0 Å². The van der Waals surface area contributed by atoms with E-state index in [-0.39, 0.29) is 17.8 Å². The molecule has 150 valence electrons. The second-order valence-corrected chi connectivity index (χ2v) is 8.80. The number of methoxy groups -OCH3 is 1. The van der Waals surface area contributed by atoms with Crippen LogP contribution in [0.2, 0.25) is 0 Å². The molecule has 1 N–H and O–H groups in total. The summed E-state index contributed by atoms with van der Waals surface area (Å²) in [6.07, 6.45) is 2.51. The molecule has 2 aliphatic heterocycles. The summed E-state index contributed by atoms with van der Waals surface area (Å²) in [4.78, 5) is 22.6. The predicted molar refractivity (Wildman–Crippen MR) is 110 cm³/mol. The highest BCUT2D eigenvalue weighted by Crippen LogP contribution is 2.24. The topological polar surface area (TPSA) is 57.2 Å². The van der Waals surface area contributed by atoms with Crippen LogP contribution in [0.5, 0.6) is 0 Å². The first kappa shape index (κ1) is 20.1. The molecule has 0 radical (unpaired) electrons. The van der Waals surface area contributed by atoms with Crippen molar-refractivity contribution in [2.24, 2.45) is 22.7 Å². The van der Waals surface area contributed by atoms with E-state index in [1.165, 1.54) is 31.4 Å². The van der Waals surface area contributed by atoms with Crippen LogP contribution in [-0.2, 0) is 16.1 Å². The number of hydrogen-bond acceptors (Lipinski definition) is 5. The van der Waals surface area contributed by atoms with Gasteiger partial charge in [0.05, 0.1) is 13.0 Å². The van der Waals surface area contributed by atoms with Gasteiger partial charge in [-0.05, 0) is 42.7 Å². The molecule has 27 heavy (non-hydrogen) atoms. The third-order valence-electron chi connectivity index (χ3n) is 5.74.